The number of likely N-dealkylation sites (tertiary alicyclic amines) is 1. The van der Waals surface area contributed by atoms with Gasteiger partial charge in [-0.05, 0) is 106 Å². The van der Waals surface area contributed by atoms with Crippen molar-refractivity contribution in [2.75, 3.05) is 6.54 Å². The topological polar surface area (TPSA) is 80.8 Å². The van der Waals surface area contributed by atoms with Crippen LogP contribution in [0.5, 0.6) is 0 Å². The van der Waals surface area contributed by atoms with Gasteiger partial charge in [0.15, 0.2) is 0 Å². The number of Topliss-reactive ketones (excluding diaryl/α,β-unsaturated/α-hetero) is 1. The Bertz CT molecular complexity index is 1850. The third-order valence-corrected chi connectivity index (χ3v) is 15.6. The molecule has 1 aliphatic rings. The number of aryl methyl sites for hydroxylation is 1. The molecule has 4 aromatic carbocycles. The Labute approximate surface area is 348 Å². The molecule has 308 valence electrons. The number of allylic oxidation sites excluding steroid dienone is 1. The summed E-state index contributed by atoms with van der Waals surface area (Å²) in [6, 6.07) is 42.2. The zero-order valence-electron chi connectivity index (χ0n) is 35.4. The smallest absolute Gasteiger partial charge is 0.329 e. The molecule has 1 saturated heterocycles. The van der Waals surface area contributed by atoms with E-state index >= 15 is 0 Å². The summed E-state index contributed by atoms with van der Waals surface area (Å²) in [6.45, 7) is 11.3. The molecule has 0 radical (unpaired) electrons. The van der Waals surface area contributed by atoms with E-state index in [-0.39, 0.29) is 0 Å². The fraction of sp³-hybridized carbons (Fsp3) is 0.392. The van der Waals surface area contributed by atoms with Gasteiger partial charge in [0.2, 0.25) is 5.78 Å². The number of hydrogen-bond acceptors (Lipinski definition) is 5. The fourth-order valence-corrected chi connectivity index (χ4v) is 11.3. The maximum atomic E-state index is 13.2. The van der Waals surface area contributed by atoms with Crippen molar-refractivity contribution < 1.29 is 23.9 Å². The summed E-state index contributed by atoms with van der Waals surface area (Å²) in [5.41, 5.74) is -0.550. The summed E-state index contributed by atoms with van der Waals surface area (Å²) in [4.78, 5) is 52.1. The molecule has 1 aliphatic heterocycles. The summed E-state index contributed by atoms with van der Waals surface area (Å²) < 4.78 is 5.86. The van der Waals surface area contributed by atoms with Gasteiger partial charge in [0.05, 0.1) is 5.41 Å². The van der Waals surface area contributed by atoms with E-state index in [0.717, 1.165) is 37.5 Å². The molecule has 7 heteroatoms. The summed E-state index contributed by atoms with van der Waals surface area (Å²) >= 11 is 0. The van der Waals surface area contributed by atoms with Crippen molar-refractivity contribution in [3.63, 3.8) is 0 Å². The standard InChI is InChI=1S/C26H37NO5.C25H27P/c1-6-25(2,3)22(29)23(30)27-17-11-10-14-20(27)24(31)32-21(26(4,5)18-28)16-15-19-12-8-7-9-13-19;1-2-3-4-5-15-22-26(23-16-9-6-10-17-23,24-18-11-7-12-19-24)25-20-13-8-14-21-25/h7-9,12-13,18,20-21H,6,10-11,14-17H2,1-5H3;2,6-14,16-22H,1,3-5,15H2. The summed E-state index contributed by atoms with van der Waals surface area (Å²) in [6.07, 6.45) is 10.5. The number of unbranched alkanes of at least 4 members (excludes halogenated alkanes) is 3. The van der Waals surface area contributed by atoms with Crippen LogP contribution in [0.15, 0.2) is 134 Å². The number of amides is 1. The van der Waals surface area contributed by atoms with Gasteiger partial charge in [0.25, 0.3) is 5.91 Å². The number of benzene rings is 4. The predicted molar refractivity (Wildman–Crippen MR) is 243 cm³/mol. The minimum Gasteiger partial charge on any atom is -0.460 e. The van der Waals surface area contributed by atoms with Crippen LogP contribution in [-0.2, 0) is 30.3 Å². The number of aldehydes is 1. The van der Waals surface area contributed by atoms with Gasteiger partial charge in [-0.25, -0.2) is 4.79 Å². The molecular weight excluding hydrogens is 738 g/mol. The van der Waals surface area contributed by atoms with Gasteiger partial charge in [0, 0.05) is 12.0 Å². The van der Waals surface area contributed by atoms with E-state index in [9.17, 15) is 19.2 Å². The molecule has 1 fully saturated rings. The number of rotatable bonds is 18. The van der Waals surface area contributed by atoms with Crippen LogP contribution in [0.1, 0.15) is 98.0 Å². The van der Waals surface area contributed by atoms with Crippen molar-refractivity contribution >= 4 is 52.5 Å². The first-order valence-electron chi connectivity index (χ1n) is 21.0. The lowest BCUT2D eigenvalue weighted by atomic mass is 9.84. The van der Waals surface area contributed by atoms with E-state index in [1.807, 2.05) is 43.3 Å². The van der Waals surface area contributed by atoms with Crippen LogP contribution in [-0.4, -0.2) is 53.3 Å². The van der Waals surface area contributed by atoms with Crippen molar-refractivity contribution in [1.29, 1.82) is 0 Å². The van der Waals surface area contributed by atoms with Crippen LogP contribution in [0.4, 0.5) is 0 Å². The van der Waals surface area contributed by atoms with Crippen LogP contribution in [0.2, 0.25) is 0 Å². The Kier molecular flexibility index (Phi) is 17.7. The molecule has 1 heterocycles. The lowest BCUT2D eigenvalue weighted by molar-refractivity contribution is -0.168. The van der Waals surface area contributed by atoms with Crippen molar-refractivity contribution in [2.45, 2.75) is 111 Å². The molecule has 0 saturated carbocycles. The predicted octanol–water partition coefficient (Wildman–Crippen LogP) is 9.67. The highest BCUT2D eigenvalue weighted by Crippen LogP contribution is 2.44. The second kappa shape index (κ2) is 22.4. The maximum Gasteiger partial charge on any atom is 0.329 e. The summed E-state index contributed by atoms with van der Waals surface area (Å²) in [7, 11) is 0. The minimum atomic E-state index is -1.75. The molecule has 58 heavy (non-hydrogen) atoms. The molecule has 0 N–H and O–H groups in total. The Morgan fingerprint density at radius 2 is 1.28 bits per heavy atom. The normalized spacial score (nSPS) is 14.9. The number of carbonyl (C=O) groups is 4. The molecule has 0 aromatic heterocycles. The van der Waals surface area contributed by atoms with Gasteiger partial charge in [-0.1, -0.05) is 154 Å². The average Bonchev–Trinajstić information content (AvgIpc) is 3.27. The fourth-order valence-electron chi connectivity index (χ4n) is 7.29. The number of esters is 1. The molecule has 2 unspecified atom stereocenters. The number of carbonyl (C=O) groups excluding carboxylic acids is 4. The van der Waals surface area contributed by atoms with Crippen molar-refractivity contribution in [1.82, 2.24) is 4.90 Å². The van der Waals surface area contributed by atoms with E-state index in [2.05, 4.69) is 103 Å². The Hall–Kier alpha value is -4.80. The Balaban J connectivity index is 0.000000262. The SMILES string of the molecule is C=CCCCCC=P(c1ccccc1)(c1ccccc1)c1ccccc1.CCC(C)(C)C(=O)C(=O)N1CCCCC1C(=O)OC(CCc1ccccc1)C(C)(C)C=O. The zero-order valence-corrected chi connectivity index (χ0v) is 36.2. The van der Waals surface area contributed by atoms with E-state index in [1.54, 1.807) is 27.7 Å². The quantitative estimate of drug-likeness (QED) is 0.0250. The van der Waals surface area contributed by atoms with Crippen LogP contribution >= 0.6 is 6.89 Å². The molecule has 0 spiro atoms. The van der Waals surface area contributed by atoms with Gasteiger partial charge in [0.1, 0.15) is 18.4 Å². The average molecular weight is 802 g/mol. The van der Waals surface area contributed by atoms with Gasteiger partial charge in [-0.2, -0.15) is 0 Å². The van der Waals surface area contributed by atoms with E-state index in [0.29, 0.717) is 32.2 Å². The number of hydrogen-bond donors (Lipinski definition) is 0. The highest BCUT2D eigenvalue weighted by atomic mass is 31.2. The third-order valence-electron chi connectivity index (χ3n) is 11.4. The van der Waals surface area contributed by atoms with Crippen LogP contribution < -0.4 is 15.9 Å². The van der Waals surface area contributed by atoms with E-state index in [4.69, 9.17) is 4.74 Å². The highest BCUT2D eigenvalue weighted by Gasteiger charge is 2.42. The second-order valence-electron chi connectivity index (χ2n) is 16.5. The van der Waals surface area contributed by atoms with Crippen molar-refractivity contribution in [3.8, 4) is 0 Å². The minimum absolute atomic E-state index is 0.357. The van der Waals surface area contributed by atoms with Crippen molar-refractivity contribution in [3.05, 3.63) is 140 Å². The first kappa shape index (κ1) is 45.9. The Morgan fingerprint density at radius 3 is 1.76 bits per heavy atom. The first-order valence-corrected chi connectivity index (χ1v) is 22.8. The largest absolute Gasteiger partial charge is 0.460 e. The molecule has 0 aliphatic carbocycles. The lowest BCUT2D eigenvalue weighted by Crippen LogP contribution is -2.54. The summed E-state index contributed by atoms with van der Waals surface area (Å²) in [5, 5.41) is 4.29. The van der Waals surface area contributed by atoms with Gasteiger partial charge >= 0.3 is 5.97 Å². The van der Waals surface area contributed by atoms with Crippen LogP contribution in [0, 0.1) is 10.8 Å². The van der Waals surface area contributed by atoms with Gasteiger partial charge < -0.3 is 14.4 Å². The maximum absolute atomic E-state index is 13.2. The van der Waals surface area contributed by atoms with Gasteiger partial charge in [-0.15, -0.1) is 6.58 Å². The van der Waals surface area contributed by atoms with Gasteiger partial charge in [-0.3, -0.25) is 9.59 Å². The monoisotopic (exact) mass is 801 g/mol. The number of piperidine rings is 1. The Morgan fingerprint density at radius 1 is 0.776 bits per heavy atom. The van der Waals surface area contributed by atoms with Crippen molar-refractivity contribution in [2.24, 2.45) is 10.8 Å². The molecule has 0 bridgehead atoms. The molecule has 1 amide bonds. The van der Waals surface area contributed by atoms with E-state index in [1.165, 1.54) is 33.7 Å². The van der Waals surface area contributed by atoms with E-state index < -0.39 is 47.5 Å². The molecule has 6 nitrogen and oxygen atoms in total. The molecular formula is C51H64NO5P. The molecule has 5 rings (SSSR count). The molecule has 4 aromatic rings. The number of ketones is 1. The lowest BCUT2D eigenvalue weighted by Gasteiger charge is -2.37. The highest BCUT2D eigenvalue weighted by molar-refractivity contribution is 7.94. The van der Waals surface area contributed by atoms with Crippen LogP contribution in [0.3, 0.4) is 0 Å². The first-order chi connectivity index (χ1) is 27.9. The number of ether oxygens (including phenoxy) is 1. The third kappa shape index (κ3) is 12.1. The number of nitrogens with zero attached hydrogens (tertiary/aromatic N) is 1. The second-order valence-corrected chi connectivity index (χ2v) is 19.8. The molecule has 2 atom stereocenters. The zero-order chi connectivity index (χ0) is 42.0. The summed E-state index contributed by atoms with van der Waals surface area (Å²) in [5.74, 6) is 0.992. The van der Waals surface area contributed by atoms with Crippen LogP contribution in [0.25, 0.3) is 0 Å².